The second-order valence-corrected chi connectivity index (χ2v) is 5.86. The first-order chi connectivity index (χ1) is 8.56. The summed E-state index contributed by atoms with van der Waals surface area (Å²) >= 11 is 0. The first-order valence-corrected chi connectivity index (χ1v) is 7.27. The highest BCUT2D eigenvalue weighted by Crippen LogP contribution is 2.45. The third-order valence-electron chi connectivity index (χ3n) is 4.80. The molecule has 0 heterocycles. The summed E-state index contributed by atoms with van der Waals surface area (Å²) < 4.78 is 27.9. The highest BCUT2D eigenvalue weighted by molar-refractivity contribution is 5.21. The van der Waals surface area contributed by atoms with E-state index in [2.05, 4.69) is 6.58 Å². The first-order valence-electron chi connectivity index (χ1n) is 7.27. The van der Waals surface area contributed by atoms with Gasteiger partial charge in [-0.05, 0) is 50.9 Å². The van der Waals surface area contributed by atoms with Crippen molar-refractivity contribution < 1.29 is 8.78 Å². The van der Waals surface area contributed by atoms with Crippen LogP contribution in [-0.2, 0) is 0 Å². The fourth-order valence-electron chi connectivity index (χ4n) is 3.46. The lowest BCUT2D eigenvalue weighted by molar-refractivity contribution is -0.0728. The maximum absolute atomic E-state index is 14.0. The van der Waals surface area contributed by atoms with Gasteiger partial charge in [-0.2, -0.15) is 0 Å². The predicted molar refractivity (Wildman–Crippen MR) is 71.8 cm³/mol. The van der Waals surface area contributed by atoms with Gasteiger partial charge in [0.1, 0.15) is 0 Å². The van der Waals surface area contributed by atoms with Crippen LogP contribution in [0.1, 0.15) is 58.3 Å². The second-order valence-electron chi connectivity index (χ2n) is 5.86. The molecule has 1 unspecified atom stereocenters. The summed E-state index contributed by atoms with van der Waals surface area (Å²) in [5, 5.41) is 0. The number of hydrogen-bond acceptors (Lipinski definition) is 0. The van der Waals surface area contributed by atoms with E-state index in [1.807, 2.05) is 13.0 Å². The molecule has 0 radical (unpaired) electrons. The van der Waals surface area contributed by atoms with Crippen LogP contribution in [0.15, 0.2) is 23.8 Å². The zero-order valence-corrected chi connectivity index (χ0v) is 11.4. The van der Waals surface area contributed by atoms with Gasteiger partial charge in [0.05, 0.1) is 0 Å². The van der Waals surface area contributed by atoms with E-state index in [0.29, 0.717) is 18.8 Å². The number of halogens is 2. The second kappa shape index (κ2) is 5.54. The molecule has 0 aromatic carbocycles. The van der Waals surface area contributed by atoms with Crippen molar-refractivity contribution in [2.24, 2.45) is 11.8 Å². The Morgan fingerprint density at radius 1 is 1.17 bits per heavy atom. The standard InChI is InChI=1S/C16H24F2/c1-3-12-5-7-13(8-6-12)14-9-10-15(4-2)16(17,18)11-14/h3,12,15H,1,4-11H2,2H3. The van der Waals surface area contributed by atoms with Crippen LogP contribution in [0.3, 0.4) is 0 Å². The molecule has 0 nitrogen and oxygen atoms in total. The molecule has 2 rings (SSSR count). The van der Waals surface area contributed by atoms with E-state index in [-0.39, 0.29) is 6.42 Å². The van der Waals surface area contributed by atoms with Crippen molar-refractivity contribution in [1.29, 1.82) is 0 Å². The quantitative estimate of drug-likeness (QED) is 0.570. The fraction of sp³-hybridized carbons (Fsp3) is 0.750. The summed E-state index contributed by atoms with van der Waals surface area (Å²) in [5.74, 6) is -2.27. The Morgan fingerprint density at radius 3 is 2.28 bits per heavy atom. The number of allylic oxidation sites excluding steroid dienone is 3. The van der Waals surface area contributed by atoms with Gasteiger partial charge in [0.25, 0.3) is 5.92 Å². The Balaban J connectivity index is 2.04. The van der Waals surface area contributed by atoms with Crippen molar-refractivity contribution in [3.05, 3.63) is 23.8 Å². The van der Waals surface area contributed by atoms with E-state index in [4.69, 9.17) is 0 Å². The largest absolute Gasteiger partial charge is 0.254 e. The minimum absolute atomic E-state index is 0.0274. The van der Waals surface area contributed by atoms with E-state index < -0.39 is 11.8 Å². The van der Waals surface area contributed by atoms with Gasteiger partial charge in [-0.25, -0.2) is 8.78 Å². The SMILES string of the molecule is C=CC1CCC(=C2CCC(CC)C(F)(F)C2)CC1. The van der Waals surface area contributed by atoms with Gasteiger partial charge in [0.15, 0.2) is 0 Å². The van der Waals surface area contributed by atoms with Gasteiger partial charge in [-0.1, -0.05) is 24.1 Å². The van der Waals surface area contributed by atoms with Gasteiger partial charge in [0, 0.05) is 12.3 Å². The van der Waals surface area contributed by atoms with Crippen LogP contribution in [-0.4, -0.2) is 5.92 Å². The number of rotatable bonds is 2. The van der Waals surface area contributed by atoms with Crippen molar-refractivity contribution in [2.45, 2.75) is 64.2 Å². The zero-order valence-electron chi connectivity index (χ0n) is 11.4. The fourth-order valence-corrected chi connectivity index (χ4v) is 3.46. The third kappa shape index (κ3) is 2.84. The molecule has 2 aliphatic carbocycles. The lowest BCUT2D eigenvalue weighted by atomic mass is 9.75. The highest BCUT2D eigenvalue weighted by atomic mass is 19.3. The topological polar surface area (TPSA) is 0 Å². The molecular formula is C16H24F2. The Hall–Kier alpha value is -0.660. The van der Waals surface area contributed by atoms with Gasteiger partial charge in [0.2, 0.25) is 0 Å². The average Bonchev–Trinajstić information content (AvgIpc) is 2.37. The Kier molecular flexibility index (Phi) is 4.24. The Morgan fingerprint density at radius 2 is 1.78 bits per heavy atom. The molecule has 0 N–H and O–H groups in total. The molecule has 1 atom stereocenters. The van der Waals surface area contributed by atoms with E-state index in [1.165, 1.54) is 5.57 Å². The minimum Gasteiger partial charge on any atom is -0.206 e. The summed E-state index contributed by atoms with van der Waals surface area (Å²) in [4.78, 5) is 0. The summed E-state index contributed by atoms with van der Waals surface area (Å²) in [6.45, 7) is 5.71. The molecule has 102 valence electrons. The molecule has 18 heavy (non-hydrogen) atoms. The molecule has 0 amide bonds. The lowest BCUT2D eigenvalue weighted by Crippen LogP contribution is -2.33. The van der Waals surface area contributed by atoms with E-state index in [0.717, 1.165) is 37.7 Å². The van der Waals surface area contributed by atoms with Crippen LogP contribution in [0.5, 0.6) is 0 Å². The molecule has 0 aromatic heterocycles. The van der Waals surface area contributed by atoms with E-state index >= 15 is 0 Å². The maximum atomic E-state index is 14.0. The summed E-state index contributed by atoms with van der Waals surface area (Å²) in [5.41, 5.74) is 2.41. The summed E-state index contributed by atoms with van der Waals surface area (Å²) in [6.07, 6.45) is 8.46. The normalized spacial score (nSPS) is 32.4. The third-order valence-corrected chi connectivity index (χ3v) is 4.80. The van der Waals surface area contributed by atoms with Crippen LogP contribution in [0.4, 0.5) is 8.78 Å². The van der Waals surface area contributed by atoms with Gasteiger partial charge < -0.3 is 0 Å². The van der Waals surface area contributed by atoms with Crippen molar-refractivity contribution in [3.8, 4) is 0 Å². The Bertz CT molecular complexity index is 331. The smallest absolute Gasteiger partial charge is 0.206 e. The van der Waals surface area contributed by atoms with Crippen LogP contribution < -0.4 is 0 Å². The number of hydrogen-bond donors (Lipinski definition) is 0. The molecule has 2 heteroatoms. The van der Waals surface area contributed by atoms with E-state index in [1.54, 1.807) is 0 Å². The van der Waals surface area contributed by atoms with Crippen molar-refractivity contribution in [2.75, 3.05) is 0 Å². The monoisotopic (exact) mass is 254 g/mol. The maximum Gasteiger partial charge on any atom is 0.254 e. The first kappa shape index (κ1) is 13.8. The van der Waals surface area contributed by atoms with Crippen LogP contribution >= 0.6 is 0 Å². The van der Waals surface area contributed by atoms with Crippen LogP contribution in [0.2, 0.25) is 0 Å². The number of alkyl halides is 2. The molecule has 0 aliphatic heterocycles. The van der Waals surface area contributed by atoms with Crippen LogP contribution in [0.25, 0.3) is 0 Å². The van der Waals surface area contributed by atoms with Crippen molar-refractivity contribution >= 4 is 0 Å². The Labute approximate surface area is 109 Å². The lowest BCUT2D eigenvalue weighted by Gasteiger charge is -2.34. The van der Waals surface area contributed by atoms with Gasteiger partial charge in [-0.3, -0.25) is 0 Å². The average molecular weight is 254 g/mol. The molecule has 2 aliphatic rings. The van der Waals surface area contributed by atoms with Crippen molar-refractivity contribution in [3.63, 3.8) is 0 Å². The minimum atomic E-state index is -2.47. The summed E-state index contributed by atoms with van der Waals surface area (Å²) in [7, 11) is 0. The molecule has 2 saturated carbocycles. The van der Waals surface area contributed by atoms with E-state index in [9.17, 15) is 8.78 Å². The molecular weight excluding hydrogens is 230 g/mol. The molecule has 0 aromatic rings. The molecule has 0 saturated heterocycles. The van der Waals surface area contributed by atoms with Crippen LogP contribution in [0, 0.1) is 11.8 Å². The summed E-state index contributed by atoms with van der Waals surface area (Å²) in [6, 6.07) is 0. The zero-order chi connectivity index (χ0) is 13.2. The van der Waals surface area contributed by atoms with Gasteiger partial charge >= 0.3 is 0 Å². The predicted octanol–water partition coefficient (Wildman–Crippen LogP) is 5.50. The molecule has 0 bridgehead atoms. The molecule has 2 fully saturated rings. The van der Waals surface area contributed by atoms with Gasteiger partial charge in [-0.15, -0.1) is 6.58 Å². The van der Waals surface area contributed by atoms with Crippen molar-refractivity contribution in [1.82, 2.24) is 0 Å². The molecule has 0 spiro atoms. The highest BCUT2D eigenvalue weighted by Gasteiger charge is 2.42.